The zero-order chi connectivity index (χ0) is 18.3. The fourth-order valence-corrected chi connectivity index (χ4v) is 4.81. The molecule has 5 heteroatoms. The van der Waals surface area contributed by atoms with E-state index in [1.165, 1.54) is 34.8 Å². The number of nitrogens with zero attached hydrogens (tertiary/aromatic N) is 1. The largest absolute Gasteiger partial charge is 0.469 e. The molecular formula is C21H26N2O3. The molecule has 5 nitrogen and oxygen atoms in total. The number of H-pyrrole nitrogens is 1. The van der Waals surface area contributed by atoms with Crippen molar-refractivity contribution in [2.75, 3.05) is 26.8 Å². The predicted octanol–water partition coefficient (Wildman–Crippen LogP) is 2.81. The molecule has 0 radical (unpaired) electrons. The molecule has 1 unspecified atom stereocenters. The summed E-state index contributed by atoms with van der Waals surface area (Å²) in [7, 11) is 1.39. The molecule has 0 amide bonds. The number of ether oxygens (including phenoxy) is 1. The van der Waals surface area contributed by atoms with Crippen LogP contribution in [0.1, 0.15) is 30.6 Å². The van der Waals surface area contributed by atoms with E-state index in [9.17, 15) is 9.90 Å². The number of benzene rings is 1. The highest BCUT2D eigenvalue weighted by atomic mass is 16.5. The number of hydrogen-bond acceptors (Lipinski definition) is 4. The standard InChI is InChI=1S/C21H26N2O3/c1-3-13-11-23-9-8-15-14-6-4-5-7-18(14)22-20(15)19(23)10-16(13)17(12-24)21(25)26-2/h3-7,16-17,19,22,24H,8-12H2,1-2H3/b13-3-/t16-,17?,19-/m0/s1. The summed E-state index contributed by atoms with van der Waals surface area (Å²) in [5.41, 5.74) is 5.09. The summed E-state index contributed by atoms with van der Waals surface area (Å²) in [6.07, 6.45) is 3.96. The lowest BCUT2D eigenvalue weighted by Gasteiger charge is -2.45. The summed E-state index contributed by atoms with van der Waals surface area (Å²) in [4.78, 5) is 18.3. The van der Waals surface area contributed by atoms with Gasteiger partial charge in [0.2, 0.25) is 0 Å². The lowest BCUT2D eigenvalue weighted by Crippen LogP contribution is -2.45. The molecule has 1 aromatic carbocycles. The summed E-state index contributed by atoms with van der Waals surface area (Å²) in [5.74, 6) is -0.808. The monoisotopic (exact) mass is 354 g/mol. The van der Waals surface area contributed by atoms with E-state index in [1.54, 1.807) is 0 Å². The van der Waals surface area contributed by atoms with Gasteiger partial charge in [-0.2, -0.15) is 0 Å². The Balaban J connectivity index is 1.73. The van der Waals surface area contributed by atoms with Gasteiger partial charge in [0.1, 0.15) is 0 Å². The molecule has 4 rings (SSSR count). The molecule has 0 aliphatic carbocycles. The van der Waals surface area contributed by atoms with E-state index in [2.05, 4.69) is 40.2 Å². The average molecular weight is 354 g/mol. The zero-order valence-electron chi connectivity index (χ0n) is 15.4. The summed E-state index contributed by atoms with van der Waals surface area (Å²) in [6.45, 7) is 3.70. The number of allylic oxidation sites excluding steroid dienone is 1. The Morgan fingerprint density at radius 3 is 3.00 bits per heavy atom. The van der Waals surface area contributed by atoms with E-state index in [0.717, 1.165) is 25.9 Å². The molecule has 0 spiro atoms. The van der Waals surface area contributed by atoms with Crippen molar-refractivity contribution in [3.05, 3.63) is 47.2 Å². The van der Waals surface area contributed by atoms with Gasteiger partial charge in [-0.1, -0.05) is 29.8 Å². The topological polar surface area (TPSA) is 65.6 Å². The number of aromatic nitrogens is 1. The van der Waals surface area contributed by atoms with Gasteiger partial charge in [0.15, 0.2) is 0 Å². The molecule has 2 aliphatic rings. The molecule has 2 N–H and O–H groups in total. The highest BCUT2D eigenvalue weighted by Crippen LogP contribution is 2.44. The maximum atomic E-state index is 12.2. The first-order valence-electron chi connectivity index (χ1n) is 9.35. The Bertz CT molecular complexity index is 854. The van der Waals surface area contributed by atoms with Gasteiger partial charge < -0.3 is 14.8 Å². The second-order valence-electron chi connectivity index (χ2n) is 7.32. The third-order valence-electron chi connectivity index (χ3n) is 6.17. The second kappa shape index (κ2) is 6.89. The number of carbonyl (C=O) groups is 1. The number of piperidine rings is 1. The van der Waals surface area contributed by atoms with Crippen molar-refractivity contribution in [2.24, 2.45) is 11.8 Å². The third kappa shape index (κ3) is 2.66. The average Bonchev–Trinajstić information content (AvgIpc) is 3.07. The van der Waals surface area contributed by atoms with Crippen molar-refractivity contribution in [3.63, 3.8) is 0 Å². The Hall–Kier alpha value is -2.11. The molecule has 1 aromatic heterocycles. The molecule has 26 heavy (non-hydrogen) atoms. The fourth-order valence-electron chi connectivity index (χ4n) is 4.81. The van der Waals surface area contributed by atoms with E-state index in [1.807, 2.05) is 6.92 Å². The number of methoxy groups -OCH3 is 1. The van der Waals surface area contributed by atoms with Crippen LogP contribution in [0.25, 0.3) is 10.9 Å². The lowest BCUT2D eigenvalue weighted by atomic mass is 9.75. The molecule has 0 bridgehead atoms. The fraction of sp³-hybridized carbons (Fsp3) is 0.476. The molecular weight excluding hydrogens is 328 g/mol. The Kier molecular flexibility index (Phi) is 4.59. The van der Waals surface area contributed by atoms with Crippen LogP contribution in [0, 0.1) is 11.8 Å². The first kappa shape index (κ1) is 17.3. The van der Waals surface area contributed by atoms with Crippen molar-refractivity contribution in [2.45, 2.75) is 25.8 Å². The molecule has 1 saturated heterocycles. The molecule has 3 atom stereocenters. The number of aliphatic hydroxyl groups is 1. The molecule has 3 heterocycles. The Morgan fingerprint density at radius 2 is 2.27 bits per heavy atom. The number of carbonyl (C=O) groups excluding carboxylic acids is 1. The predicted molar refractivity (Wildman–Crippen MR) is 101 cm³/mol. The summed E-state index contributed by atoms with van der Waals surface area (Å²) in [6, 6.07) is 8.70. The minimum atomic E-state index is -0.497. The van der Waals surface area contributed by atoms with Gasteiger partial charge in [-0.25, -0.2) is 0 Å². The van der Waals surface area contributed by atoms with Crippen LogP contribution in [-0.4, -0.2) is 47.8 Å². The van der Waals surface area contributed by atoms with Crippen molar-refractivity contribution in [1.82, 2.24) is 9.88 Å². The second-order valence-corrected chi connectivity index (χ2v) is 7.32. The SMILES string of the molecule is C/C=C1/CN2CCc3c([nH]c4ccccc34)[C@@H]2C[C@@H]1C(CO)C(=O)OC. The highest BCUT2D eigenvalue weighted by molar-refractivity contribution is 5.85. The van der Waals surface area contributed by atoms with Gasteiger partial charge in [-0.15, -0.1) is 0 Å². The van der Waals surface area contributed by atoms with Crippen LogP contribution in [0.2, 0.25) is 0 Å². The summed E-state index contributed by atoms with van der Waals surface area (Å²) in [5, 5.41) is 11.2. The number of aliphatic hydroxyl groups excluding tert-OH is 1. The summed E-state index contributed by atoms with van der Waals surface area (Å²) >= 11 is 0. The Morgan fingerprint density at radius 1 is 1.46 bits per heavy atom. The third-order valence-corrected chi connectivity index (χ3v) is 6.17. The minimum absolute atomic E-state index is 0.0102. The quantitative estimate of drug-likeness (QED) is 0.657. The number of aromatic amines is 1. The van der Waals surface area contributed by atoms with Gasteiger partial charge in [0, 0.05) is 29.7 Å². The summed E-state index contributed by atoms with van der Waals surface area (Å²) < 4.78 is 4.96. The van der Waals surface area contributed by atoms with Crippen molar-refractivity contribution < 1.29 is 14.6 Å². The van der Waals surface area contributed by atoms with Gasteiger partial charge in [0.05, 0.1) is 25.7 Å². The lowest BCUT2D eigenvalue weighted by molar-refractivity contribution is -0.149. The maximum absolute atomic E-state index is 12.2. The molecule has 138 valence electrons. The van der Waals surface area contributed by atoms with Crippen LogP contribution in [0.15, 0.2) is 35.9 Å². The van der Waals surface area contributed by atoms with Crippen LogP contribution in [0.4, 0.5) is 0 Å². The van der Waals surface area contributed by atoms with E-state index < -0.39 is 5.92 Å². The van der Waals surface area contributed by atoms with E-state index in [-0.39, 0.29) is 24.5 Å². The van der Waals surface area contributed by atoms with Crippen LogP contribution in [0.3, 0.4) is 0 Å². The van der Waals surface area contributed by atoms with Gasteiger partial charge >= 0.3 is 5.97 Å². The van der Waals surface area contributed by atoms with Gasteiger partial charge in [-0.05, 0) is 37.3 Å². The Labute approximate surface area is 153 Å². The number of nitrogens with one attached hydrogen (secondary N) is 1. The number of para-hydroxylation sites is 1. The zero-order valence-corrected chi connectivity index (χ0v) is 15.4. The van der Waals surface area contributed by atoms with E-state index >= 15 is 0 Å². The minimum Gasteiger partial charge on any atom is -0.469 e. The normalized spacial score (nSPS) is 25.7. The first-order chi connectivity index (χ1) is 12.7. The number of esters is 1. The van der Waals surface area contributed by atoms with Gasteiger partial charge in [0.25, 0.3) is 0 Å². The van der Waals surface area contributed by atoms with E-state index in [4.69, 9.17) is 4.74 Å². The molecule has 1 fully saturated rings. The highest BCUT2D eigenvalue weighted by Gasteiger charge is 2.42. The molecule has 2 aliphatic heterocycles. The number of hydrogen-bond donors (Lipinski definition) is 2. The number of rotatable bonds is 3. The smallest absolute Gasteiger partial charge is 0.311 e. The molecule has 0 saturated carbocycles. The van der Waals surface area contributed by atoms with Crippen molar-refractivity contribution >= 4 is 16.9 Å². The van der Waals surface area contributed by atoms with Crippen molar-refractivity contribution in [3.8, 4) is 0 Å². The van der Waals surface area contributed by atoms with Crippen LogP contribution >= 0.6 is 0 Å². The van der Waals surface area contributed by atoms with E-state index in [0.29, 0.717) is 0 Å². The van der Waals surface area contributed by atoms with Crippen molar-refractivity contribution in [1.29, 1.82) is 0 Å². The van der Waals surface area contributed by atoms with Gasteiger partial charge in [-0.3, -0.25) is 9.69 Å². The first-order valence-corrected chi connectivity index (χ1v) is 9.35. The van der Waals surface area contributed by atoms with Crippen LogP contribution in [0.5, 0.6) is 0 Å². The van der Waals surface area contributed by atoms with Crippen LogP contribution in [-0.2, 0) is 16.0 Å². The van der Waals surface area contributed by atoms with Crippen LogP contribution < -0.4 is 0 Å². The number of fused-ring (bicyclic) bond motifs is 5. The maximum Gasteiger partial charge on any atom is 0.311 e. The molecule has 2 aromatic rings.